The molecule has 4 aromatic carbocycles. The SMILES string of the molecule is FC(F)(F)c1ccc(Cl)cc1/C(=N/OCc1ccc(-c2ccccc2)cc1)c1ccccc1.N=S(=O)=O. The summed E-state index contributed by atoms with van der Waals surface area (Å²) < 4.78 is 63.9. The van der Waals surface area contributed by atoms with Gasteiger partial charge in [0.25, 0.3) is 0 Å². The van der Waals surface area contributed by atoms with Gasteiger partial charge in [0, 0.05) is 16.1 Å². The van der Waals surface area contributed by atoms with Gasteiger partial charge in [0.1, 0.15) is 12.3 Å². The second-order valence-electron chi connectivity index (χ2n) is 7.56. The van der Waals surface area contributed by atoms with Crippen LogP contribution in [-0.2, 0) is 28.1 Å². The number of hydrogen-bond donors (Lipinski definition) is 1. The van der Waals surface area contributed by atoms with E-state index in [0.29, 0.717) is 5.56 Å². The Morgan fingerprint density at radius 1 is 0.838 bits per heavy atom. The standard InChI is InChI=1S/C27H19ClF3NO.HNO2S/c28-23-15-16-25(27(29,30)31)24(17-23)26(22-9-5-2-6-10-22)32-33-18-19-11-13-21(14-12-19)20-7-3-1-4-8-20;1-4(2)3/h1-17H,18H2;1H/b32-26+;. The Balaban J connectivity index is 0.000000886. The summed E-state index contributed by atoms with van der Waals surface area (Å²) in [5.74, 6) is 0. The Morgan fingerprint density at radius 2 is 1.38 bits per heavy atom. The topological polar surface area (TPSA) is 79.6 Å². The quantitative estimate of drug-likeness (QED) is 0.200. The molecule has 4 aromatic rings. The minimum absolute atomic E-state index is 0.0614. The summed E-state index contributed by atoms with van der Waals surface area (Å²) >= 11 is 6.03. The van der Waals surface area contributed by atoms with Crippen LogP contribution in [0, 0.1) is 4.78 Å². The van der Waals surface area contributed by atoms with Crippen molar-refractivity contribution in [2.75, 3.05) is 0 Å². The van der Waals surface area contributed by atoms with E-state index in [0.717, 1.165) is 22.8 Å². The summed E-state index contributed by atoms with van der Waals surface area (Å²) in [5.41, 5.74) is 2.58. The first-order valence-corrected chi connectivity index (χ1v) is 12.2. The molecule has 0 saturated heterocycles. The third-order valence-corrected chi connectivity index (χ3v) is 5.27. The first-order valence-electron chi connectivity index (χ1n) is 10.7. The molecule has 190 valence electrons. The van der Waals surface area contributed by atoms with Crippen LogP contribution in [-0.4, -0.2) is 14.1 Å². The zero-order valence-electron chi connectivity index (χ0n) is 19.1. The van der Waals surface area contributed by atoms with Crippen molar-refractivity contribution in [2.24, 2.45) is 5.16 Å². The first-order chi connectivity index (χ1) is 17.6. The van der Waals surface area contributed by atoms with Crippen LogP contribution < -0.4 is 0 Å². The number of hydrogen-bond acceptors (Lipinski definition) is 5. The molecule has 0 bridgehead atoms. The lowest BCUT2D eigenvalue weighted by molar-refractivity contribution is -0.137. The summed E-state index contributed by atoms with van der Waals surface area (Å²) in [6, 6.07) is 29.7. The average Bonchev–Trinajstić information content (AvgIpc) is 2.87. The predicted octanol–water partition coefficient (Wildman–Crippen LogP) is 7.62. The Kier molecular flexibility index (Phi) is 9.59. The second kappa shape index (κ2) is 12.8. The van der Waals surface area contributed by atoms with E-state index in [4.69, 9.17) is 29.6 Å². The highest BCUT2D eigenvalue weighted by atomic mass is 35.5. The molecule has 4 rings (SSSR count). The molecule has 0 radical (unpaired) electrons. The van der Waals surface area contributed by atoms with Gasteiger partial charge in [-0.3, -0.25) is 0 Å². The smallest absolute Gasteiger partial charge is 0.390 e. The van der Waals surface area contributed by atoms with Gasteiger partial charge in [-0.15, -0.1) is 0 Å². The van der Waals surface area contributed by atoms with Gasteiger partial charge >= 0.3 is 16.7 Å². The van der Waals surface area contributed by atoms with Crippen molar-refractivity contribution < 1.29 is 26.4 Å². The molecule has 0 heterocycles. The molecule has 0 saturated carbocycles. The number of nitrogens with zero attached hydrogens (tertiary/aromatic N) is 1. The van der Waals surface area contributed by atoms with Crippen LogP contribution in [0.2, 0.25) is 5.02 Å². The van der Waals surface area contributed by atoms with Crippen LogP contribution in [0.25, 0.3) is 11.1 Å². The van der Waals surface area contributed by atoms with Crippen LogP contribution >= 0.6 is 11.6 Å². The molecule has 0 spiro atoms. The molecule has 5 nitrogen and oxygen atoms in total. The minimum Gasteiger partial charge on any atom is -0.390 e. The van der Waals surface area contributed by atoms with Crippen LogP contribution in [0.1, 0.15) is 22.3 Å². The molecule has 0 aliphatic rings. The molecule has 0 aromatic heterocycles. The van der Waals surface area contributed by atoms with E-state index in [1.807, 2.05) is 54.6 Å². The molecular formula is C27H20ClF3N2O3S. The van der Waals surface area contributed by atoms with Crippen LogP contribution in [0.5, 0.6) is 0 Å². The number of halogens is 4. The largest absolute Gasteiger partial charge is 0.417 e. The monoisotopic (exact) mass is 544 g/mol. The van der Waals surface area contributed by atoms with E-state index in [9.17, 15) is 13.2 Å². The van der Waals surface area contributed by atoms with Crippen LogP contribution in [0.15, 0.2) is 108 Å². The highest BCUT2D eigenvalue weighted by Crippen LogP contribution is 2.34. The van der Waals surface area contributed by atoms with Gasteiger partial charge in [-0.2, -0.15) is 26.4 Å². The lowest BCUT2D eigenvalue weighted by atomic mass is 9.97. The van der Waals surface area contributed by atoms with E-state index in [1.165, 1.54) is 12.1 Å². The highest BCUT2D eigenvalue weighted by Gasteiger charge is 2.35. The van der Waals surface area contributed by atoms with Gasteiger partial charge in [0.05, 0.1) is 5.56 Å². The molecule has 10 heteroatoms. The van der Waals surface area contributed by atoms with Crippen molar-refractivity contribution in [3.8, 4) is 11.1 Å². The predicted molar refractivity (Wildman–Crippen MR) is 137 cm³/mol. The van der Waals surface area contributed by atoms with Crippen molar-refractivity contribution in [3.05, 3.63) is 130 Å². The molecule has 0 aliphatic carbocycles. The van der Waals surface area contributed by atoms with Gasteiger partial charge < -0.3 is 4.84 Å². The average molecular weight is 545 g/mol. The Morgan fingerprint density at radius 3 is 1.95 bits per heavy atom. The summed E-state index contributed by atoms with van der Waals surface area (Å²) in [5, 5.41) is 4.29. The van der Waals surface area contributed by atoms with Gasteiger partial charge in [-0.05, 0) is 34.9 Å². The maximum Gasteiger partial charge on any atom is 0.417 e. The highest BCUT2D eigenvalue weighted by molar-refractivity contribution is 7.60. The van der Waals surface area contributed by atoms with E-state index >= 15 is 0 Å². The van der Waals surface area contributed by atoms with Gasteiger partial charge in [0.15, 0.2) is 0 Å². The molecule has 0 amide bonds. The fourth-order valence-electron chi connectivity index (χ4n) is 3.41. The van der Waals surface area contributed by atoms with E-state index in [-0.39, 0.29) is 22.9 Å². The maximum absolute atomic E-state index is 13.7. The zero-order valence-corrected chi connectivity index (χ0v) is 20.7. The van der Waals surface area contributed by atoms with Crippen LogP contribution in [0.4, 0.5) is 13.2 Å². The summed E-state index contributed by atoms with van der Waals surface area (Å²) in [7, 11) is -2.61. The van der Waals surface area contributed by atoms with Crippen molar-refractivity contribution in [1.29, 1.82) is 4.78 Å². The van der Waals surface area contributed by atoms with Crippen LogP contribution in [0.3, 0.4) is 0 Å². The summed E-state index contributed by atoms with van der Waals surface area (Å²) in [6.45, 7) is 0.104. The molecule has 0 aliphatic heterocycles. The normalized spacial score (nSPS) is 11.3. The van der Waals surface area contributed by atoms with Crippen molar-refractivity contribution in [2.45, 2.75) is 12.8 Å². The minimum atomic E-state index is -4.57. The Hall–Kier alpha value is -3.95. The maximum atomic E-state index is 13.7. The van der Waals surface area contributed by atoms with Crippen molar-refractivity contribution >= 4 is 27.8 Å². The Bertz CT molecular complexity index is 1460. The lowest BCUT2D eigenvalue weighted by Gasteiger charge is -2.15. The van der Waals surface area contributed by atoms with E-state index < -0.39 is 22.2 Å². The van der Waals surface area contributed by atoms with Crippen molar-refractivity contribution in [1.82, 2.24) is 0 Å². The number of rotatable bonds is 6. The molecule has 0 atom stereocenters. The number of benzene rings is 4. The fraction of sp³-hybridized carbons (Fsp3) is 0.0741. The number of alkyl halides is 3. The zero-order chi connectivity index (χ0) is 26.8. The third kappa shape index (κ3) is 8.30. The first kappa shape index (κ1) is 27.6. The summed E-state index contributed by atoms with van der Waals surface area (Å²) in [4.78, 5) is 5.52. The van der Waals surface area contributed by atoms with E-state index in [2.05, 4.69) is 5.16 Å². The Labute approximate surface area is 218 Å². The second-order valence-corrected chi connectivity index (χ2v) is 8.47. The molecule has 0 fully saturated rings. The molecular weight excluding hydrogens is 525 g/mol. The summed E-state index contributed by atoms with van der Waals surface area (Å²) in [6.07, 6.45) is -4.57. The fourth-order valence-corrected chi connectivity index (χ4v) is 3.58. The molecule has 0 unspecified atom stereocenters. The number of nitrogens with one attached hydrogen (secondary N) is 1. The third-order valence-electron chi connectivity index (χ3n) is 5.04. The van der Waals surface area contributed by atoms with Gasteiger partial charge in [-0.1, -0.05) is 102 Å². The lowest BCUT2D eigenvalue weighted by Crippen LogP contribution is -2.15. The molecule has 37 heavy (non-hydrogen) atoms. The van der Waals surface area contributed by atoms with Gasteiger partial charge in [-0.25, -0.2) is 0 Å². The van der Waals surface area contributed by atoms with Crippen molar-refractivity contribution in [3.63, 3.8) is 0 Å². The number of oxime groups is 1. The van der Waals surface area contributed by atoms with E-state index in [1.54, 1.807) is 30.3 Å². The molecule has 1 N–H and O–H groups in total. The van der Waals surface area contributed by atoms with Gasteiger partial charge in [0.2, 0.25) is 0 Å².